The van der Waals surface area contributed by atoms with E-state index in [9.17, 15) is 0 Å². The Bertz CT molecular complexity index is 181. The molecule has 1 aliphatic carbocycles. The van der Waals surface area contributed by atoms with Gasteiger partial charge in [0.1, 0.15) is 0 Å². The second kappa shape index (κ2) is 5.31. The first-order valence-electron chi connectivity index (χ1n) is 6.75. The molecule has 88 valence electrons. The average Bonchev–Trinajstić information content (AvgIpc) is 3.04. The fraction of sp³-hybridized carbons (Fsp3) is 1.00. The van der Waals surface area contributed by atoms with E-state index in [0.29, 0.717) is 0 Å². The molecule has 1 saturated heterocycles. The van der Waals surface area contributed by atoms with Gasteiger partial charge >= 0.3 is 0 Å². The summed E-state index contributed by atoms with van der Waals surface area (Å²) in [6, 6.07) is 0.781. The van der Waals surface area contributed by atoms with Crippen LogP contribution in [0.25, 0.3) is 0 Å². The van der Waals surface area contributed by atoms with Crippen LogP contribution in [-0.2, 0) is 0 Å². The highest BCUT2D eigenvalue weighted by atomic mass is 15.2. The van der Waals surface area contributed by atoms with Gasteiger partial charge in [-0.1, -0.05) is 13.8 Å². The van der Waals surface area contributed by atoms with Crippen LogP contribution in [0.15, 0.2) is 0 Å². The molecule has 0 aromatic rings. The molecule has 0 radical (unpaired) electrons. The van der Waals surface area contributed by atoms with Gasteiger partial charge in [0, 0.05) is 12.6 Å². The highest BCUT2D eigenvalue weighted by Gasteiger charge is 2.32. The summed E-state index contributed by atoms with van der Waals surface area (Å²) in [5.74, 6) is 1.95. The number of rotatable bonds is 5. The Balaban J connectivity index is 1.73. The van der Waals surface area contributed by atoms with E-state index in [1.807, 2.05) is 0 Å². The maximum atomic E-state index is 3.66. The molecule has 1 heterocycles. The summed E-state index contributed by atoms with van der Waals surface area (Å²) in [6.45, 7) is 9.70. The van der Waals surface area contributed by atoms with E-state index in [4.69, 9.17) is 0 Å². The predicted molar refractivity (Wildman–Crippen MR) is 65.0 cm³/mol. The zero-order valence-corrected chi connectivity index (χ0v) is 10.3. The Morgan fingerprint density at radius 2 is 1.87 bits per heavy atom. The summed E-state index contributed by atoms with van der Waals surface area (Å²) < 4.78 is 0. The van der Waals surface area contributed by atoms with Crippen LogP contribution in [0.1, 0.15) is 39.5 Å². The molecule has 1 atom stereocenters. The fourth-order valence-electron chi connectivity index (χ4n) is 2.66. The molecule has 0 amide bonds. The molecule has 2 aliphatic rings. The summed E-state index contributed by atoms with van der Waals surface area (Å²) in [7, 11) is 0. The van der Waals surface area contributed by atoms with E-state index < -0.39 is 0 Å². The van der Waals surface area contributed by atoms with Crippen LogP contribution in [0, 0.1) is 11.8 Å². The van der Waals surface area contributed by atoms with Crippen molar-refractivity contribution >= 4 is 0 Å². The first kappa shape index (κ1) is 11.4. The van der Waals surface area contributed by atoms with E-state index in [0.717, 1.165) is 24.4 Å². The molecular formula is C13H26N2. The maximum Gasteiger partial charge on any atom is 0.0223 e. The van der Waals surface area contributed by atoms with Crippen LogP contribution in [-0.4, -0.2) is 37.1 Å². The van der Waals surface area contributed by atoms with Crippen LogP contribution in [0.3, 0.4) is 0 Å². The van der Waals surface area contributed by atoms with E-state index in [1.54, 1.807) is 0 Å². The van der Waals surface area contributed by atoms with E-state index in [1.165, 1.54) is 45.3 Å². The standard InChI is InChI=1S/C13H26N2/c1-3-14-13(12-4-5-12)10-15-8-6-11(2)7-9-15/h11-14H,3-10H2,1-2H3. The van der Waals surface area contributed by atoms with Crippen LogP contribution in [0.4, 0.5) is 0 Å². The Hall–Kier alpha value is -0.0800. The summed E-state index contributed by atoms with van der Waals surface area (Å²) in [4.78, 5) is 2.67. The second-order valence-corrected chi connectivity index (χ2v) is 5.48. The first-order valence-corrected chi connectivity index (χ1v) is 6.75. The van der Waals surface area contributed by atoms with E-state index in [-0.39, 0.29) is 0 Å². The molecular weight excluding hydrogens is 184 g/mol. The minimum absolute atomic E-state index is 0.781. The molecule has 2 rings (SSSR count). The lowest BCUT2D eigenvalue weighted by molar-refractivity contribution is 0.169. The van der Waals surface area contributed by atoms with Crippen molar-refractivity contribution in [3.05, 3.63) is 0 Å². The molecule has 1 unspecified atom stereocenters. The zero-order chi connectivity index (χ0) is 10.7. The molecule has 1 N–H and O–H groups in total. The van der Waals surface area contributed by atoms with Gasteiger partial charge in [0.2, 0.25) is 0 Å². The van der Waals surface area contributed by atoms with Crippen molar-refractivity contribution in [3.8, 4) is 0 Å². The fourth-order valence-corrected chi connectivity index (χ4v) is 2.66. The maximum absolute atomic E-state index is 3.66. The molecule has 0 aromatic heterocycles. The van der Waals surface area contributed by atoms with Crippen LogP contribution in [0.5, 0.6) is 0 Å². The molecule has 1 aliphatic heterocycles. The minimum Gasteiger partial charge on any atom is -0.313 e. The lowest BCUT2D eigenvalue weighted by Crippen LogP contribution is -2.45. The summed E-state index contributed by atoms with van der Waals surface area (Å²) in [5.41, 5.74) is 0. The molecule has 2 nitrogen and oxygen atoms in total. The third-order valence-corrected chi connectivity index (χ3v) is 3.99. The number of hydrogen-bond donors (Lipinski definition) is 1. The zero-order valence-electron chi connectivity index (χ0n) is 10.3. The van der Waals surface area contributed by atoms with Gasteiger partial charge in [0.25, 0.3) is 0 Å². The normalized spacial score (nSPS) is 26.8. The van der Waals surface area contributed by atoms with Gasteiger partial charge in [-0.3, -0.25) is 0 Å². The minimum atomic E-state index is 0.781. The Kier molecular flexibility index (Phi) is 4.04. The smallest absolute Gasteiger partial charge is 0.0223 e. The monoisotopic (exact) mass is 210 g/mol. The van der Waals surface area contributed by atoms with Crippen molar-refractivity contribution < 1.29 is 0 Å². The quantitative estimate of drug-likeness (QED) is 0.747. The van der Waals surface area contributed by atoms with Crippen molar-refractivity contribution in [1.29, 1.82) is 0 Å². The lowest BCUT2D eigenvalue weighted by atomic mass is 9.98. The Labute approximate surface area is 94.4 Å². The highest BCUT2D eigenvalue weighted by Crippen LogP contribution is 2.33. The van der Waals surface area contributed by atoms with Gasteiger partial charge in [-0.15, -0.1) is 0 Å². The van der Waals surface area contributed by atoms with Crippen molar-refractivity contribution in [2.75, 3.05) is 26.2 Å². The molecule has 0 spiro atoms. The first-order chi connectivity index (χ1) is 7.29. The van der Waals surface area contributed by atoms with Gasteiger partial charge in [-0.25, -0.2) is 0 Å². The number of hydrogen-bond acceptors (Lipinski definition) is 2. The molecule has 1 saturated carbocycles. The van der Waals surface area contributed by atoms with Crippen molar-refractivity contribution in [3.63, 3.8) is 0 Å². The number of piperidine rings is 1. The van der Waals surface area contributed by atoms with Gasteiger partial charge < -0.3 is 10.2 Å². The second-order valence-electron chi connectivity index (χ2n) is 5.48. The van der Waals surface area contributed by atoms with Gasteiger partial charge in [0.15, 0.2) is 0 Å². The third-order valence-electron chi connectivity index (χ3n) is 3.99. The molecule has 2 heteroatoms. The highest BCUT2D eigenvalue weighted by molar-refractivity contribution is 4.88. The molecule has 0 aromatic carbocycles. The van der Waals surface area contributed by atoms with Gasteiger partial charge in [-0.2, -0.15) is 0 Å². The van der Waals surface area contributed by atoms with Crippen molar-refractivity contribution in [2.24, 2.45) is 11.8 Å². The number of nitrogens with one attached hydrogen (secondary N) is 1. The number of likely N-dealkylation sites (N-methyl/N-ethyl adjacent to an activating group) is 1. The van der Waals surface area contributed by atoms with Crippen LogP contribution >= 0.6 is 0 Å². The topological polar surface area (TPSA) is 15.3 Å². The summed E-state index contributed by atoms with van der Waals surface area (Å²) in [6.07, 6.45) is 5.73. The SMILES string of the molecule is CCNC(CN1CCC(C)CC1)C1CC1. The summed E-state index contributed by atoms with van der Waals surface area (Å²) >= 11 is 0. The van der Waals surface area contributed by atoms with E-state index >= 15 is 0 Å². The van der Waals surface area contributed by atoms with Crippen molar-refractivity contribution in [1.82, 2.24) is 10.2 Å². The molecule has 15 heavy (non-hydrogen) atoms. The van der Waals surface area contributed by atoms with Crippen LogP contribution in [0.2, 0.25) is 0 Å². The number of likely N-dealkylation sites (tertiary alicyclic amines) is 1. The summed E-state index contributed by atoms with van der Waals surface area (Å²) in [5, 5.41) is 3.66. The van der Waals surface area contributed by atoms with Crippen LogP contribution < -0.4 is 5.32 Å². The predicted octanol–water partition coefficient (Wildman–Crippen LogP) is 2.11. The number of nitrogens with zero attached hydrogens (tertiary/aromatic N) is 1. The van der Waals surface area contributed by atoms with Gasteiger partial charge in [0.05, 0.1) is 0 Å². The van der Waals surface area contributed by atoms with Gasteiger partial charge in [-0.05, 0) is 57.2 Å². The average molecular weight is 210 g/mol. The lowest BCUT2D eigenvalue weighted by Gasteiger charge is -2.33. The van der Waals surface area contributed by atoms with E-state index in [2.05, 4.69) is 24.1 Å². The Morgan fingerprint density at radius 1 is 1.20 bits per heavy atom. The molecule has 0 bridgehead atoms. The van der Waals surface area contributed by atoms with Crippen molar-refractivity contribution in [2.45, 2.75) is 45.6 Å². The Morgan fingerprint density at radius 3 is 2.40 bits per heavy atom. The largest absolute Gasteiger partial charge is 0.313 e. The third kappa shape index (κ3) is 3.46. The molecule has 2 fully saturated rings.